The summed E-state index contributed by atoms with van der Waals surface area (Å²) >= 11 is 0. The monoisotopic (exact) mass is 203 g/mol. The lowest BCUT2D eigenvalue weighted by molar-refractivity contribution is 0.321. The Morgan fingerprint density at radius 1 is 1.54 bits per heavy atom. The van der Waals surface area contributed by atoms with Crippen molar-refractivity contribution in [3.05, 3.63) is 11.7 Å². The molecule has 1 atom stereocenters. The lowest BCUT2D eigenvalue weighted by atomic mass is 10.00. The highest BCUT2D eigenvalue weighted by atomic mass is 35.5. The summed E-state index contributed by atoms with van der Waals surface area (Å²) in [6.45, 7) is 3.94. The van der Waals surface area contributed by atoms with Gasteiger partial charge in [0.25, 0.3) is 0 Å². The molecule has 2 rings (SSSR count). The molecular formula is C8H14ClN3O. The van der Waals surface area contributed by atoms with Crippen LogP contribution >= 0.6 is 12.4 Å². The third-order valence-corrected chi connectivity index (χ3v) is 2.19. The molecular weight excluding hydrogens is 190 g/mol. The molecule has 0 spiro atoms. The Morgan fingerprint density at radius 2 is 2.38 bits per heavy atom. The molecule has 4 nitrogen and oxygen atoms in total. The van der Waals surface area contributed by atoms with Gasteiger partial charge in [0.2, 0.25) is 5.89 Å². The zero-order valence-electron chi connectivity index (χ0n) is 7.62. The lowest BCUT2D eigenvalue weighted by Gasteiger charge is -2.18. The van der Waals surface area contributed by atoms with E-state index < -0.39 is 0 Å². The van der Waals surface area contributed by atoms with Crippen molar-refractivity contribution in [2.24, 2.45) is 0 Å². The molecule has 13 heavy (non-hydrogen) atoms. The Balaban J connectivity index is 0.000000845. The van der Waals surface area contributed by atoms with E-state index in [1.54, 1.807) is 0 Å². The summed E-state index contributed by atoms with van der Waals surface area (Å²) in [6.07, 6.45) is 2.36. The molecule has 1 aliphatic rings. The maximum Gasteiger partial charge on any atom is 0.231 e. The van der Waals surface area contributed by atoms with Crippen molar-refractivity contribution in [2.45, 2.75) is 25.7 Å². The fourth-order valence-corrected chi connectivity index (χ4v) is 1.54. The minimum absolute atomic E-state index is 0. The van der Waals surface area contributed by atoms with Crippen LogP contribution in [0.25, 0.3) is 0 Å². The van der Waals surface area contributed by atoms with Gasteiger partial charge in [0.05, 0.1) is 5.92 Å². The first-order chi connectivity index (χ1) is 5.86. The van der Waals surface area contributed by atoms with Crippen molar-refractivity contribution in [3.63, 3.8) is 0 Å². The molecule has 1 aromatic rings. The van der Waals surface area contributed by atoms with Gasteiger partial charge in [-0.1, -0.05) is 5.16 Å². The topological polar surface area (TPSA) is 51.0 Å². The van der Waals surface area contributed by atoms with Crippen molar-refractivity contribution in [2.75, 3.05) is 13.1 Å². The highest BCUT2D eigenvalue weighted by Gasteiger charge is 2.20. The van der Waals surface area contributed by atoms with Gasteiger partial charge in [-0.25, -0.2) is 0 Å². The van der Waals surface area contributed by atoms with Crippen LogP contribution in [0.15, 0.2) is 4.52 Å². The molecule has 0 aromatic carbocycles. The van der Waals surface area contributed by atoms with Crippen LogP contribution in [0.1, 0.15) is 30.5 Å². The second-order valence-electron chi connectivity index (χ2n) is 3.22. The Labute approximate surface area is 83.5 Å². The maximum atomic E-state index is 5.10. The number of halogens is 1. The summed E-state index contributed by atoms with van der Waals surface area (Å²) in [5, 5.41) is 7.09. The van der Waals surface area contributed by atoms with Crippen molar-refractivity contribution in [1.29, 1.82) is 0 Å². The first kappa shape index (κ1) is 10.5. The average molecular weight is 204 g/mol. The predicted molar refractivity (Wildman–Crippen MR) is 51.1 cm³/mol. The third kappa shape index (κ3) is 2.42. The molecule has 2 heterocycles. The molecule has 1 saturated heterocycles. The van der Waals surface area contributed by atoms with Gasteiger partial charge in [-0.2, -0.15) is 4.98 Å². The number of hydrogen-bond acceptors (Lipinski definition) is 4. The van der Waals surface area contributed by atoms with Gasteiger partial charge in [-0.3, -0.25) is 0 Å². The van der Waals surface area contributed by atoms with Crippen LogP contribution < -0.4 is 5.32 Å². The van der Waals surface area contributed by atoms with Crippen molar-refractivity contribution >= 4 is 12.4 Å². The van der Waals surface area contributed by atoms with Crippen LogP contribution in [0.3, 0.4) is 0 Å². The normalized spacial score (nSPS) is 22.4. The zero-order chi connectivity index (χ0) is 8.39. The first-order valence-electron chi connectivity index (χ1n) is 4.37. The highest BCUT2D eigenvalue weighted by Crippen LogP contribution is 2.20. The minimum atomic E-state index is 0. The van der Waals surface area contributed by atoms with Gasteiger partial charge in [0, 0.05) is 6.54 Å². The number of aryl methyl sites for hydroxylation is 1. The van der Waals surface area contributed by atoms with E-state index in [1.807, 2.05) is 6.92 Å². The second kappa shape index (κ2) is 4.58. The van der Waals surface area contributed by atoms with E-state index >= 15 is 0 Å². The highest BCUT2D eigenvalue weighted by molar-refractivity contribution is 5.85. The summed E-state index contributed by atoms with van der Waals surface area (Å²) in [5.41, 5.74) is 0. The smallest absolute Gasteiger partial charge is 0.231 e. The Hall–Kier alpha value is -0.610. The van der Waals surface area contributed by atoms with Gasteiger partial charge in [-0.05, 0) is 26.3 Å². The minimum Gasteiger partial charge on any atom is -0.339 e. The van der Waals surface area contributed by atoms with Crippen molar-refractivity contribution in [3.8, 4) is 0 Å². The van der Waals surface area contributed by atoms with Crippen molar-refractivity contribution < 1.29 is 4.52 Å². The predicted octanol–water partition coefficient (Wildman–Crippen LogP) is 1.27. The number of rotatable bonds is 1. The SMILES string of the molecule is Cc1noc(C2CCCNC2)n1.Cl. The van der Waals surface area contributed by atoms with Crippen LogP contribution in [-0.4, -0.2) is 23.2 Å². The summed E-state index contributed by atoms with van der Waals surface area (Å²) in [6, 6.07) is 0. The largest absolute Gasteiger partial charge is 0.339 e. The number of hydrogen-bond donors (Lipinski definition) is 1. The third-order valence-electron chi connectivity index (χ3n) is 2.19. The Kier molecular flexibility index (Phi) is 3.69. The quantitative estimate of drug-likeness (QED) is 0.747. The van der Waals surface area contributed by atoms with Gasteiger partial charge < -0.3 is 9.84 Å². The van der Waals surface area contributed by atoms with Crippen LogP contribution in [0.5, 0.6) is 0 Å². The van der Waals surface area contributed by atoms with Crippen LogP contribution in [0.4, 0.5) is 0 Å². The molecule has 0 bridgehead atoms. The number of aromatic nitrogens is 2. The summed E-state index contributed by atoms with van der Waals surface area (Å²) in [5.74, 6) is 1.95. The molecule has 74 valence electrons. The van der Waals surface area contributed by atoms with Gasteiger partial charge in [-0.15, -0.1) is 12.4 Å². The molecule has 1 N–H and O–H groups in total. The summed E-state index contributed by atoms with van der Waals surface area (Å²) < 4.78 is 5.10. The fourth-order valence-electron chi connectivity index (χ4n) is 1.54. The molecule has 1 fully saturated rings. The number of nitrogens with zero attached hydrogens (tertiary/aromatic N) is 2. The van der Waals surface area contributed by atoms with E-state index in [0.29, 0.717) is 5.92 Å². The van der Waals surface area contributed by atoms with E-state index in [0.717, 1.165) is 31.2 Å². The van der Waals surface area contributed by atoms with Crippen LogP contribution in [0, 0.1) is 6.92 Å². The summed E-state index contributed by atoms with van der Waals surface area (Å²) in [4.78, 5) is 4.22. The summed E-state index contributed by atoms with van der Waals surface area (Å²) in [7, 11) is 0. The van der Waals surface area contributed by atoms with E-state index in [-0.39, 0.29) is 12.4 Å². The van der Waals surface area contributed by atoms with Gasteiger partial charge >= 0.3 is 0 Å². The second-order valence-corrected chi connectivity index (χ2v) is 3.22. The van der Waals surface area contributed by atoms with E-state index in [1.165, 1.54) is 6.42 Å². The van der Waals surface area contributed by atoms with Gasteiger partial charge in [0.15, 0.2) is 5.82 Å². The zero-order valence-corrected chi connectivity index (χ0v) is 8.43. The van der Waals surface area contributed by atoms with E-state index in [4.69, 9.17) is 4.52 Å². The Bertz CT molecular complexity index is 258. The fraction of sp³-hybridized carbons (Fsp3) is 0.750. The average Bonchev–Trinajstić information content (AvgIpc) is 2.54. The maximum absolute atomic E-state index is 5.10. The number of nitrogens with one attached hydrogen (secondary N) is 1. The van der Waals surface area contributed by atoms with E-state index in [9.17, 15) is 0 Å². The van der Waals surface area contributed by atoms with Gasteiger partial charge in [0.1, 0.15) is 0 Å². The van der Waals surface area contributed by atoms with Crippen LogP contribution in [-0.2, 0) is 0 Å². The molecule has 1 unspecified atom stereocenters. The molecule has 0 radical (unpaired) electrons. The molecule has 1 aliphatic heterocycles. The van der Waals surface area contributed by atoms with Crippen LogP contribution in [0.2, 0.25) is 0 Å². The Morgan fingerprint density at radius 3 is 2.92 bits per heavy atom. The first-order valence-corrected chi connectivity index (χ1v) is 4.37. The standard InChI is InChI=1S/C8H13N3O.ClH/c1-6-10-8(12-11-6)7-3-2-4-9-5-7;/h7,9H,2-5H2,1H3;1H. The molecule has 1 aromatic heterocycles. The lowest BCUT2D eigenvalue weighted by Crippen LogP contribution is -2.28. The molecule has 5 heteroatoms. The molecule has 0 aliphatic carbocycles. The molecule has 0 saturated carbocycles. The molecule has 0 amide bonds. The van der Waals surface area contributed by atoms with E-state index in [2.05, 4.69) is 15.5 Å². The van der Waals surface area contributed by atoms with Crippen molar-refractivity contribution in [1.82, 2.24) is 15.5 Å². The number of piperidine rings is 1.